The Balaban J connectivity index is 1.71. The van der Waals surface area contributed by atoms with Crippen LogP contribution in [0, 0.1) is 11.8 Å². The maximum atomic E-state index is 14.4. The smallest absolute Gasteiger partial charge is 0.326 e. The fourth-order valence-electron chi connectivity index (χ4n) is 7.99. The van der Waals surface area contributed by atoms with Crippen LogP contribution in [0.4, 0.5) is 0 Å². The minimum Gasteiger partial charge on any atom is -0.480 e. The highest BCUT2D eigenvalue weighted by Gasteiger charge is 2.45. The van der Waals surface area contributed by atoms with Crippen LogP contribution in [0.25, 0.3) is 10.9 Å². The number of nitrogens with zero attached hydrogens (tertiary/aromatic N) is 1. The maximum Gasteiger partial charge on any atom is 0.326 e. The number of nitrogens with two attached hydrogens (primary N) is 2. The Morgan fingerprint density at radius 1 is 0.904 bits per heavy atom. The zero-order chi connectivity index (χ0) is 54.4. The summed E-state index contributed by atoms with van der Waals surface area (Å²) in [7, 11) is 0. The number of carbonyl (C=O) groups excluding carboxylic acids is 11. The fourth-order valence-corrected chi connectivity index (χ4v) is 9.10. The topological polar surface area (TPSA) is 416 Å². The first kappa shape index (κ1) is 58.2. The monoisotopic (exact) mass is 1050 g/mol. The van der Waals surface area contributed by atoms with Gasteiger partial charge in [0.2, 0.25) is 47.3 Å². The molecular formula is C45H62N10O17S. The second-order valence-electron chi connectivity index (χ2n) is 17.6. The van der Waals surface area contributed by atoms with E-state index in [4.69, 9.17) is 25.7 Å². The van der Waals surface area contributed by atoms with Crippen molar-refractivity contribution in [3.05, 3.63) is 23.8 Å². The number of nitrogens with one attached hydrogen (secondary N) is 7. The number of H-pyrrole nitrogens is 1. The highest BCUT2D eigenvalue weighted by atomic mass is 32.2. The van der Waals surface area contributed by atoms with Crippen LogP contribution < -0.4 is 48.1 Å². The minimum absolute atomic E-state index is 0.0805. The number of fused-ring (bicyclic) bond motifs is 3. The van der Waals surface area contributed by atoms with Crippen molar-refractivity contribution in [1.29, 1.82) is 0 Å². The maximum absolute atomic E-state index is 14.4. The first-order chi connectivity index (χ1) is 34.3. The number of likely N-dealkylation sites (tertiary alicyclic amines) is 1. The van der Waals surface area contributed by atoms with E-state index in [0.29, 0.717) is 22.9 Å². The molecule has 8 amide bonds. The first-order valence-electron chi connectivity index (χ1n) is 23.1. The molecular weight excluding hydrogens is 985 g/mol. The molecule has 2 aliphatic heterocycles. The SMILES string of the molecule is CC[C@H](C)[C@@H]1NC(=O)CNC(=O)[C@H](N)Cc2c([nH]c3cccc(OC(C)=O)c23)SCC(C(=O)NC(CC(N)=O)C(=O)N2C[C@H](O)C[C@H]2C(=O)N[C@H](C(=O)O)[C@@H](C)[C@H](COC(C)=O)OC(C)=O)NC(=O)CNC1=O. The zero-order valence-corrected chi connectivity index (χ0v) is 41.7. The van der Waals surface area contributed by atoms with Gasteiger partial charge in [-0.05, 0) is 30.0 Å². The second kappa shape index (κ2) is 26.4. The summed E-state index contributed by atoms with van der Waals surface area (Å²) in [5.41, 5.74) is 12.6. The molecule has 400 valence electrons. The quantitative estimate of drug-likeness (QED) is 0.0570. The number of amides is 8. The number of benzene rings is 1. The number of ether oxygens (including phenoxy) is 3. The predicted octanol–water partition coefficient (Wildman–Crippen LogP) is -3.66. The molecule has 10 atom stereocenters. The summed E-state index contributed by atoms with van der Waals surface area (Å²) in [6.45, 7) is 5.55. The zero-order valence-electron chi connectivity index (χ0n) is 40.9. The summed E-state index contributed by atoms with van der Waals surface area (Å²) in [5.74, 6) is -13.7. The largest absolute Gasteiger partial charge is 0.480 e. The molecule has 0 spiro atoms. The highest BCUT2D eigenvalue weighted by molar-refractivity contribution is 7.99. The number of β-amino-alcohol motifs (C(OH)–C–C–N with tert-alkyl or cyclic N) is 1. The third kappa shape index (κ3) is 16.3. The van der Waals surface area contributed by atoms with Crippen molar-refractivity contribution in [2.45, 2.75) is 121 Å². The van der Waals surface area contributed by atoms with Crippen LogP contribution in [-0.2, 0) is 73.4 Å². The van der Waals surface area contributed by atoms with Gasteiger partial charge in [-0.2, -0.15) is 0 Å². The van der Waals surface area contributed by atoms with Gasteiger partial charge in [0, 0.05) is 50.8 Å². The number of hydrogen-bond acceptors (Lipinski definition) is 18. The van der Waals surface area contributed by atoms with Crippen molar-refractivity contribution < 1.29 is 82.0 Å². The number of rotatable bonds is 16. The standard InChI is InChI=1S/C45H62N10O17S/c1-7-19(2)37-42(66)49-14-34(61)50-29(18-73-43-25(12-26(46)39(63)48-15-35(62)53-37)36-27(52-43)9-8-10-31(36)71-22(5)57)40(64)51-28(13-33(47)60)44(67)55-16-24(59)11-30(55)41(65)54-38(45(68)69)20(3)32(72-23(6)58)17-70-21(4)56/h8-10,19-20,24,26,28-30,32,37-38,52,59H,7,11-18,46H2,1-6H3,(H2,47,60)(H,48,63)(H,49,66)(H,50,61)(H,51,64)(H,53,62)(H,54,65)(H,68,69)/t19-,20-,24+,26+,28?,29?,30-,32-,37-,38-/m0/s1. The van der Waals surface area contributed by atoms with Gasteiger partial charge in [0.1, 0.15) is 48.7 Å². The van der Waals surface area contributed by atoms with Gasteiger partial charge in [0.25, 0.3) is 0 Å². The van der Waals surface area contributed by atoms with Gasteiger partial charge >= 0.3 is 23.9 Å². The van der Waals surface area contributed by atoms with Crippen LogP contribution in [0.5, 0.6) is 5.75 Å². The normalized spacial score (nSPS) is 22.1. The van der Waals surface area contributed by atoms with Crippen LogP contribution >= 0.6 is 11.8 Å². The molecule has 13 N–H and O–H groups in total. The molecule has 2 aliphatic rings. The molecule has 1 aromatic heterocycles. The molecule has 1 aromatic carbocycles. The van der Waals surface area contributed by atoms with Crippen molar-refractivity contribution in [1.82, 2.24) is 41.8 Å². The number of carbonyl (C=O) groups is 12. The second-order valence-corrected chi connectivity index (χ2v) is 18.6. The number of esters is 3. The number of aromatic amines is 1. The number of aliphatic carboxylic acids is 1. The van der Waals surface area contributed by atoms with Gasteiger partial charge < -0.3 is 77.7 Å². The van der Waals surface area contributed by atoms with Crippen molar-refractivity contribution in [3.8, 4) is 5.75 Å². The Labute approximate surface area is 422 Å². The predicted molar refractivity (Wildman–Crippen MR) is 254 cm³/mol. The summed E-state index contributed by atoms with van der Waals surface area (Å²) in [4.78, 5) is 161. The number of thioether (sulfide) groups is 1. The number of aliphatic hydroxyl groups is 1. The Morgan fingerprint density at radius 3 is 2.16 bits per heavy atom. The molecule has 0 aliphatic carbocycles. The van der Waals surface area contributed by atoms with Gasteiger partial charge in [-0.1, -0.05) is 33.3 Å². The van der Waals surface area contributed by atoms with Crippen molar-refractivity contribution >= 4 is 93.8 Å². The van der Waals surface area contributed by atoms with E-state index in [0.717, 1.165) is 30.5 Å². The molecule has 0 saturated carbocycles. The molecule has 27 nitrogen and oxygen atoms in total. The van der Waals surface area contributed by atoms with Gasteiger partial charge in [0.05, 0.1) is 42.2 Å². The van der Waals surface area contributed by atoms with E-state index in [1.807, 2.05) is 0 Å². The van der Waals surface area contributed by atoms with Gasteiger partial charge in [-0.25, -0.2) is 4.79 Å². The average Bonchev–Trinajstić information content (AvgIpc) is 3.89. The average molecular weight is 1050 g/mol. The molecule has 28 heteroatoms. The molecule has 4 rings (SSSR count). The number of aliphatic hydroxyl groups excluding tert-OH is 1. The highest BCUT2D eigenvalue weighted by Crippen LogP contribution is 2.37. The van der Waals surface area contributed by atoms with E-state index >= 15 is 0 Å². The summed E-state index contributed by atoms with van der Waals surface area (Å²) in [6.07, 6.45) is -3.93. The van der Waals surface area contributed by atoms with E-state index in [1.54, 1.807) is 26.0 Å². The van der Waals surface area contributed by atoms with E-state index in [-0.39, 0.29) is 22.9 Å². The molecule has 73 heavy (non-hydrogen) atoms. The van der Waals surface area contributed by atoms with E-state index < -0.39 is 171 Å². The molecule has 2 aromatic rings. The fraction of sp³-hybridized carbons (Fsp3) is 0.556. The van der Waals surface area contributed by atoms with Crippen molar-refractivity contribution in [3.63, 3.8) is 0 Å². The summed E-state index contributed by atoms with van der Waals surface area (Å²) < 4.78 is 15.6. The number of primary amides is 1. The molecule has 0 bridgehead atoms. The summed E-state index contributed by atoms with van der Waals surface area (Å²) >= 11 is 0.909. The third-order valence-corrected chi connectivity index (χ3v) is 13.0. The van der Waals surface area contributed by atoms with Gasteiger partial charge in [-0.3, -0.25) is 52.7 Å². The van der Waals surface area contributed by atoms with Crippen LogP contribution in [0.3, 0.4) is 0 Å². The Hall–Kier alpha value is -7.33. The molecule has 2 unspecified atom stereocenters. The van der Waals surface area contributed by atoms with Crippen LogP contribution in [0.15, 0.2) is 23.2 Å². The van der Waals surface area contributed by atoms with Crippen LogP contribution in [0.2, 0.25) is 0 Å². The van der Waals surface area contributed by atoms with Crippen LogP contribution in [0.1, 0.15) is 66.4 Å². The lowest BCUT2D eigenvalue weighted by Crippen LogP contribution is -2.60. The number of hydrogen-bond donors (Lipinski definition) is 11. The van der Waals surface area contributed by atoms with Gasteiger partial charge in [0.15, 0.2) is 0 Å². The molecule has 1 saturated heterocycles. The Morgan fingerprint density at radius 2 is 1.56 bits per heavy atom. The van der Waals surface area contributed by atoms with E-state index in [9.17, 15) is 67.7 Å². The lowest BCUT2D eigenvalue weighted by molar-refractivity contribution is -0.162. The first-order valence-corrected chi connectivity index (χ1v) is 24.1. The molecule has 0 radical (unpaired) electrons. The third-order valence-electron chi connectivity index (χ3n) is 11.9. The van der Waals surface area contributed by atoms with E-state index in [2.05, 4.69) is 36.9 Å². The van der Waals surface area contributed by atoms with Crippen molar-refractivity contribution in [2.24, 2.45) is 23.3 Å². The lowest BCUT2D eigenvalue weighted by Gasteiger charge is -2.32. The minimum atomic E-state index is -1.88. The van der Waals surface area contributed by atoms with Crippen molar-refractivity contribution in [2.75, 3.05) is 32.0 Å². The van der Waals surface area contributed by atoms with Gasteiger partial charge in [-0.15, -0.1) is 11.8 Å². The summed E-state index contributed by atoms with van der Waals surface area (Å²) in [6, 6.07) is -4.78. The number of carboxylic acid groups (broad SMARTS) is 1. The Kier molecular flexibility index (Phi) is 21.1. The number of aromatic nitrogens is 1. The molecule has 1 fully saturated rings. The Bertz CT molecular complexity index is 2470. The summed E-state index contributed by atoms with van der Waals surface area (Å²) in [5, 5.41) is 36.1. The lowest BCUT2D eigenvalue weighted by atomic mass is 9.95. The number of carboxylic acids is 1. The van der Waals surface area contributed by atoms with E-state index in [1.165, 1.54) is 19.9 Å². The van der Waals surface area contributed by atoms with Crippen LogP contribution in [-0.4, -0.2) is 172 Å². The molecule has 3 heterocycles.